The number of rotatable bonds is 4. The quantitative estimate of drug-likeness (QED) is 0.921. The van der Waals surface area contributed by atoms with Crippen LogP contribution in [0.2, 0.25) is 0 Å². The van der Waals surface area contributed by atoms with Crippen LogP contribution in [0.15, 0.2) is 9.90 Å². The Balaban J connectivity index is 2.34. The molecule has 2 aromatic rings. The Hall–Kier alpha value is -1.40. The van der Waals surface area contributed by atoms with Crippen molar-refractivity contribution in [1.29, 1.82) is 0 Å². The molecule has 0 bridgehead atoms. The Labute approximate surface area is 110 Å². The van der Waals surface area contributed by atoms with Crippen molar-refractivity contribution < 1.29 is 9.26 Å². The van der Waals surface area contributed by atoms with Crippen molar-refractivity contribution in [2.75, 3.05) is 12.3 Å². The molecule has 0 radical (unpaired) electrons. The summed E-state index contributed by atoms with van der Waals surface area (Å²) >= 11 is 1.50. The first-order valence-corrected chi connectivity index (χ1v) is 6.65. The van der Waals surface area contributed by atoms with Gasteiger partial charge in [0.1, 0.15) is 10.5 Å². The third-order valence-corrected chi connectivity index (χ3v) is 3.79. The van der Waals surface area contributed by atoms with Crippen LogP contribution in [0.5, 0.6) is 0 Å². The average Bonchev–Trinajstić information content (AvgIpc) is 2.88. The third kappa shape index (κ3) is 2.26. The van der Waals surface area contributed by atoms with Crippen LogP contribution in [0.3, 0.4) is 0 Å². The minimum absolute atomic E-state index is 0.452. The molecule has 18 heavy (non-hydrogen) atoms. The zero-order valence-electron chi connectivity index (χ0n) is 11.0. The first-order valence-electron chi connectivity index (χ1n) is 5.77. The minimum Gasteiger partial charge on any atom is -0.397 e. The second-order valence-electron chi connectivity index (χ2n) is 4.53. The fourth-order valence-electron chi connectivity index (χ4n) is 1.60. The summed E-state index contributed by atoms with van der Waals surface area (Å²) in [6.07, 6.45) is 0. The Morgan fingerprint density at radius 1 is 1.50 bits per heavy atom. The van der Waals surface area contributed by atoms with Crippen molar-refractivity contribution in [3.05, 3.63) is 16.8 Å². The van der Waals surface area contributed by atoms with Crippen LogP contribution < -0.4 is 5.73 Å². The first-order chi connectivity index (χ1) is 8.45. The highest BCUT2D eigenvalue weighted by molar-refractivity contribution is 7.14. The number of nitrogens with zero attached hydrogens (tertiary/aromatic N) is 2. The Morgan fingerprint density at radius 3 is 2.78 bits per heavy atom. The molecule has 2 heterocycles. The van der Waals surface area contributed by atoms with E-state index in [0.29, 0.717) is 24.0 Å². The number of thiophene rings is 1. The van der Waals surface area contributed by atoms with E-state index in [0.717, 1.165) is 10.4 Å². The van der Waals surface area contributed by atoms with Crippen LogP contribution >= 0.6 is 11.3 Å². The summed E-state index contributed by atoms with van der Waals surface area (Å²) in [5.74, 6) is 0.984. The lowest BCUT2D eigenvalue weighted by molar-refractivity contribution is -0.0221. The second-order valence-corrected chi connectivity index (χ2v) is 5.41. The maximum Gasteiger partial charge on any atom is 0.270 e. The highest BCUT2D eigenvalue weighted by Crippen LogP contribution is 2.34. The summed E-state index contributed by atoms with van der Waals surface area (Å²) in [7, 11) is 0. The van der Waals surface area contributed by atoms with Crippen molar-refractivity contribution in [3.8, 4) is 10.8 Å². The number of nitrogens with two attached hydrogens (primary N) is 1. The minimum atomic E-state index is -0.558. The van der Waals surface area contributed by atoms with Crippen molar-refractivity contribution in [1.82, 2.24) is 10.1 Å². The van der Waals surface area contributed by atoms with Gasteiger partial charge in [-0.2, -0.15) is 4.98 Å². The van der Waals surface area contributed by atoms with Gasteiger partial charge >= 0.3 is 0 Å². The van der Waals surface area contributed by atoms with Crippen LogP contribution in [-0.4, -0.2) is 16.7 Å². The van der Waals surface area contributed by atoms with Gasteiger partial charge in [-0.3, -0.25) is 0 Å². The maximum atomic E-state index is 5.96. The van der Waals surface area contributed by atoms with Crippen molar-refractivity contribution in [2.24, 2.45) is 0 Å². The van der Waals surface area contributed by atoms with Gasteiger partial charge < -0.3 is 15.0 Å². The van der Waals surface area contributed by atoms with Gasteiger partial charge in [-0.25, -0.2) is 0 Å². The van der Waals surface area contributed by atoms with Crippen LogP contribution in [0.4, 0.5) is 5.69 Å². The number of nitrogen functional groups attached to an aromatic ring is 1. The summed E-state index contributed by atoms with van der Waals surface area (Å²) < 4.78 is 10.9. The molecule has 98 valence electrons. The number of hydrogen-bond acceptors (Lipinski definition) is 6. The summed E-state index contributed by atoms with van der Waals surface area (Å²) in [5, 5.41) is 5.95. The van der Waals surface area contributed by atoms with E-state index in [4.69, 9.17) is 15.0 Å². The number of hydrogen-bond donors (Lipinski definition) is 1. The van der Waals surface area contributed by atoms with Gasteiger partial charge in [0.25, 0.3) is 5.89 Å². The predicted octanol–water partition coefficient (Wildman–Crippen LogP) is 2.96. The van der Waals surface area contributed by atoms with Crippen LogP contribution in [-0.2, 0) is 10.3 Å². The molecule has 6 heteroatoms. The molecule has 0 aliphatic heterocycles. The molecule has 0 amide bonds. The molecule has 2 rings (SSSR count). The second kappa shape index (κ2) is 4.70. The molecule has 0 aromatic carbocycles. The molecule has 0 fully saturated rings. The zero-order chi connectivity index (χ0) is 13.3. The number of ether oxygens (including phenoxy) is 1. The third-order valence-electron chi connectivity index (χ3n) is 2.69. The standard InChI is InChI=1S/C12H17N3O2S/c1-5-16-12(3,4)11-14-10(17-15-11)9-8(13)7(2)6-18-9/h6H,5,13H2,1-4H3. The lowest BCUT2D eigenvalue weighted by atomic mass is 10.1. The number of aromatic nitrogens is 2. The molecule has 0 saturated carbocycles. The predicted molar refractivity (Wildman–Crippen MR) is 71.4 cm³/mol. The summed E-state index contributed by atoms with van der Waals surface area (Å²) in [5.41, 5.74) is 7.13. The Morgan fingerprint density at radius 2 is 2.22 bits per heavy atom. The molecule has 0 aliphatic rings. The van der Waals surface area contributed by atoms with E-state index in [-0.39, 0.29) is 0 Å². The molecule has 2 aromatic heterocycles. The highest BCUT2D eigenvalue weighted by atomic mass is 32.1. The molecule has 0 atom stereocenters. The SMILES string of the molecule is CCOC(C)(C)c1noc(-c2scc(C)c2N)n1. The molecule has 5 nitrogen and oxygen atoms in total. The smallest absolute Gasteiger partial charge is 0.270 e. The van der Waals surface area contributed by atoms with Crippen LogP contribution in [0, 0.1) is 6.92 Å². The van der Waals surface area contributed by atoms with E-state index in [2.05, 4.69) is 10.1 Å². The Kier molecular flexibility index (Phi) is 3.41. The number of aryl methyl sites for hydroxylation is 1. The molecule has 0 aliphatic carbocycles. The largest absolute Gasteiger partial charge is 0.397 e. The topological polar surface area (TPSA) is 74.2 Å². The highest BCUT2D eigenvalue weighted by Gasteiger charge is 2.28. The molecule has 0 unspecified atom stereocenters. The van der Waals surface area contributed by atoms with Gasteiger partial charge in [-0.05, 0) is 38.6 Å². The molecular formula is C12H17N3O2S. The fraction of sp³-hybridized carbons (Fsp3) is 0.500. The van der Waals surface area contributed by atoms with Gasteiger partial charge in [-0.1, -0.05) is 5.16 Å². The number of anilines is 1. The zero-order valence-corrected chi connectivity index (χ0v) is 11.8. The van der Waals surface area contributed by atoms with E-state index < -0.39 is 5.60 Å². The van der Waals surface area contributed by atoms with Crippen LogP contribution in [0.1, 0.15) is 32.2 Å². The van der Waals surface area contributed by atoms with Crippen molar-refractivity contribution in [2.45, 2.75) is 33.3 Å². The van der Waals surface area contributed by atoms with Crippen LogP contribution in [0.25, 0.3) is 10.8 Å². The van der Waals surface area contributed by atoms with Gasteiger partial charge in [0, 0.05) is 6.61 Å². The summed E-state index contributed by atoms with van der Waals surface area (Å²) in [4.78, 5) is 5.19. The maximum absolute atomic E-state index is 5.96. The molecule has 0 saturated heterocycles. The summed E-state index contributed by atoms with van der Waals surface area (Å²) in [6, 6.07) is 0. The average molecular weight is 267 g/mol. The Bertz CT molecular complexity index is 545. The van der Waals surface area contributed by atoms with E-state index in [1.165, 1.54) is 11.3 Å². The van der Waals surface area contributed by atoms with E-state index in [1.54, 1.807) is 0 Å². The lowest BCUT2D eigenvalue weighted by Crippen LogP contribution is -2.23. The normalized spacial score (nSPS) is 12.0. The van der Waals surface area contributed by atoms with E-state index in [1.807, 2.05) is 33.1 Å². The first kappa shape index (κ1) is 13.0. The lowest BCUT2D eigenvalue weighted by Gasteiger charge is -2.19. The van der Waals surface area contributed by atoms with Gasteiger partial charge in [-0.15, -0.1) is 11.3 Å². The van der Waals surface area contributed by atoms with Crippen molar-refractivity contribution >= 4 is 17.0 Å². The fourth-order valence-corrected chi connectivity index (χ4v) is 2.50. The van der Waals surface area contributed by atoms with E-state index >= 15 is 0 Å². The van der Waals surface area contributed by atoms with Crippen molar-refractivity contribution in [3.63, 3.8) is 0 Å². The van der Waals surface area contributed by atoms with Gasteiger partial charge in [0.05, 0.1) is 5.69 Å². The van der Waals surface area contributed by atoms with Gasteiger partial charge in [0.2, 0.25) is 5.82 Å². The van der Waals surface area contributed by atoms with E-state index in [9.17, 15) is 0 Å². The van der Waals surface area contributed by atoms with Gasteiger partial charge in [0.15, 0.2) is 0 Å². The molecular weight excluding hydrogens is 250 g/mol. The molecule has 0 spiro atoms. The summed E-state index contributed by atoms with van der Waals surface area (Å²) in [6.45, 7) is 8.31. The monoisotopic (exact) mass is 267 g/mol. The molecule has 2 N–H and O–H groups in total.